The SMILES string of the molecule is OC(Cl)CC(F)(Cl)Cl. The number of rotatable bonds is 2. The van der Waals surface area contributed by atoms with E-state index in [1.165, 1.54) is 0 Å². The molecular formula is C3H4Cl3FO. The molecule has 0 spiro atoms. The van der Waals surface area contributed by atoms with Crippen LogP contribution in [0.5, 0.6) is 0 Å². The van der Waals surface area contributed by atoms with Crippen LogP contribution in [0.2, 0.25) is 0 Å². The Balaban J connectivity index is 3.39. The Labute approximate surface area is 61.3 Å². The van der Waals surface area contributed by atoms with Gasteiger partial charge in [0.15, 0.2) is 0 Å². The van der Waals surface area contributed by atoms with Gasteiger partial charge in [0.2, 0.25) is 0 Å². The van der Waals surface area contributed by atoms with E-state index in [4.69, 9.17) is 39.9 Å². The van der Waals surface area contributed by atoms with Crippen molar-refractivity contribution in [3.05, 3.63) is 0 Å². The number of halogens is 4. The van der Waals surface area contributed by atoms with Crippen LogP contribution in [0.3, 0.4) is 0 Å². The first-order valence-electron chi connectivity index (χ1n) is 1.81. The lowest BCUT2D eigenvalue weighted by atomic mass is 10.5. The van der Waals surface area contributed by atoms with Gasteiger partial charge < -0.3 is 5.11 Å². The fraction of sp³-hybridized carbons (Fsp3) is 1.00. The molecule has 0 heterocycles. The van der Waals surface area contributed by atoms with Crippen molar-refractivity contribution in [2.75, 3.05) is 0 Å². The molecule has 0 aromatic carbocycles. The topological polar surface area (TPSA) is 20.2 Å². The van der Waals surface area contributed by atoms with E-state index in [0.29, 0.717) is 0 Å². The molecular weight excluding hydrogens is 177 g/mol. The molecule has 5 heteroatoms. The molecule has 0 radical (unpaired) electrons. The minimum absolute atomic E-state index is 0.488. The average Bonchev–Trinajstić information content (AvgIpc) is 1.21. The molecule has 0 fully saturated rings. The monoisotopic (exact) mass is 180 g/mol. The molecule has 1 unspecified atom stereocenters. The smallest absolute Gasteiger partial charge is 0.260 e. The van der Waals surface area contributed by atoms with E-state index < -0.39 is 16.6 Å². The molecule has 0 aromatic rings. The van der Waals surface area contributed by atoms with Crippen LogP contribution in [0, 0.1) is 0 Å². The number of hydrogen-bond acceptors (Lipinski definition) is 1. The fourth-order valence-corrected chi connectivity index (χ4v) is 0.854. The molecule has 8 heavy (non-hydrogen) atoms. The van der Waals surface area contributed by atoms with E-state index >= 15 is 0 Å². The second kappa shape index (κ2) is 3.06. The van der Waals surface area contributed by atoms with Crippen LogP contribution in [-0.2, 0) is 0 Å². The molecule has 1 N–H and O–H groups in total. The summed E-state index contributed by atoms with van der Waals surface area (Å²) >= 11 is 14.5. The largest absolute Gasteiger partial charge is 0.377 e. The van der Waals surface area contributed by atoms with Crippen molar-refractivity contribution in [3.63, 3.8) is 0 Å². The summed E-state index contributed by atoms with van der Waals surface area (Å²) < 4.78 is 9.51. The van der Waals surface area contributed by atoms with Crippen molar-refractivity contribution in [2.45, 2.75) is 16.6 Å². The Bertz CT molecular complexity index is 69.4. The molecule has 0 amide bonds. The molecule has 1 atom stereocenters. The van der Waals surface area contributed by atoms with Gasteiger partial charge in [0.25, 0.3) is 4.59 Å². The van der Waals surface area contributed by atoms with E-state index in [9.17, 15) is 4.39 Å². The van der Waals surface area contributed by atoms with Crippen molar-refractivity contribution in [1.29, 1.82) is 0 Å². The molecule has 0 saturated carbocycles. The number of hydrogen-bond donors (Lipinski definition) is 1. The molecule has 0 aliphatic heterocycles. The van der Waals surface area contributed by atoms with Gasteiger partial charge in [0.05, 0.1) is 6.42 Å². The minimum Gasteiger partial charge on any atom is -0.377 e. The van der Waals surface area contributed by atoms with Crippen LogP contribution < -0.4 is 0 Å². The predicted octanol–water partition coefficient (Wildman–Crippen LogP) is 2.03. The van der Waals surface area contributed by atoms with Gasteiger partial charge in [-0.3, -0.25) is 0 Å². The lowest BCUT2D eigenvalue weighted by Crippen LogP contribution is -2.11. The first-order valence-corrected chi connectivity index (χ1v) is 3.00. The summed E-state index contributed by atoms with van der Waals surface area (Å²) in [7, 11) is 0. The first-order chi connectivity index (χ1) is 3.42. The quantitative estimate of drug-likeness (QED) is 0.646. The maximum atomic E-state index is 11.9. The molecule has 1 nitrogen and oxygen atoms in total. The van der Waals surface area contributed by atoms with Crippen LogP contribution in [0.1, 0.15) is 6.42 Å². The number of aliphatic hydroxyl groups excluding tert-OH is 1. The number of alkyl halides is 4. The van der Waals surface area contributed by atoms with Crippen molar-refractivity contribution in [2.24, 2.45) is 0 Å². The Morgan fingerprint density at radius 3 is 2.00 bits per heavy atom. The van der Waals surface area contributed by atoms with Gasteiger partial charge in [0, 0.05) is 0 Å². The van der Waals surface area contributed by atoms with E-state index in [1.807, 2.05) is 0 Å². The third-order valence-corrected chi connectivity index (χ3v) is 0.863. The Hall–Kier alpha value is 0.760. The van der Waals surface area contributed by atoms with Gasteiger partial charge in [-0.2, -0.15) is 0 Å². The third kappa shape index (κ3) is 6.76. The molecule has 0 aliphatic carbocycles. The second-order valence-corrected chi connectivity index (χ2v) is 3.15. The van der Waals surface area contributed by atoms with Gasteiger partial charge in [0.1, 0.15) is 5.56 Å². The van der Waals surface area contributed by atoms with Crippen molar-refractivity contribution in [3.8, 4) is 0 Å². The molecule has 0 aromatic heterocycles. The van der Waals surface area contributed by atoms with Gasteiger partial charge >= 0.3 is 0 Å². The van der Waals surface area contributed by atoms with Gasteiger partial charge in [-0.25, -0.2) is 4.39 Å². The molecule has 0 saturated heterocycles. The third-order valence-electron chi connectivity index (χ3n) is 0.400. The van der Waals surface area contributed by atoms with E-state index in [0.717, 1.165) is 0 Å². The standard InChI is InChI=1S/C3H4Cl3FO/c4-2(8)1-3(5,6)7/h2,8H,1H2. The van der Waals surface area contributed by atoms with Gasteiger partial charge in [-0.15, -0.1) is 0 Å². The lowest BCUT2D eigenvalue weighted by Gasteiger charge is -2.08. The predicted molar refractivity (Wildman–Crippen MR) is 32.0 cm³/mol. The molecule has 50 valence electrons. The summed E-state index contributed by atoms with van der Waals surface area (Å²) in [5.74, 6) is 0. The zero-order valence-electron chi connectivity index (χ0n) is 3.74. The molecule has 0 rings (SSSR count). The highest BCUT2D eigenvalue weighted by Crippen LogP contribution is 2.28. The Morgan fingerprint density at radius 1 is 1.62 bits per heavy atom. The summed E-state index contributed by atoms with van der Waals surface area (Å²) in [6.07, 6.45) is -0.488. The summed E-state index contributed by atoms with van der Waals surface area (Å²) in [6.45, 7) is 0. The van der Waals surface area contributed by atoms with E-state index in [-0.39, 0.29) is 0 Å². The highest BCUT2D eigenvalue weighted by Gasteiger charge is 2.24. The molecule has 0 bridgehead atoms. The van der Waals surface area contributed by atoms with Crippen LogP contribution >= 0.6 is 34.8 Å². The maximum absolute atomic E-state index is 11.9. The van der Waals surface area contributed by atoms with E-state index in [1.54, 1.807) is 0 Å². The van der Waals surface area contributed by atoms with Crippen molar-refractivity contribution < 1.29 is 9.50 Å². The average molecular weight is 181 g/mol. The van der Waals surface area contributed by atoms with Crippen LogP contribution in [0.25, 0.3) is 0 Å². The zero-order chi connectivity index (χ0) is 6.78. The highest BCUT2D eigenvalue weighted by molar-refractivity contribution is 6.47. The summed E-state index contributed by atoms with van der Waals surface area (Å²) in [6, 6.07) is 0. The Kier molecular flexibility index (Phi) is 3.35. The number of aliphatic hydroxyl groups is 1. The van der Waals surface area contributed by atoms with Crippen LogP contribution in [0.15, 0.2) is 0 Å². The highest BCUT2D eigenvalue weighted by atomic mass is 35.5. The summed E-state index contributed by atoms with van der Waals surface area (Å²) in [5, 5.41) is 8.24. The summed E-state index contributed by atoms with van der Waals surface area (Å²) in [5.41, 5.74) is -1.32. The fourth-order valence-electron chi connectivity index (χ4n) is 0.191. The van der Waals surface area contributed by atoms with Gasteiger partial charge in [-0.1, -0.05) is 34.8 Å². The van der Waals surface area contributed by atoms with Crippen molar-refractivity contribution >= 4 is 34.8 Å². The van der Waals surface area contributed by atoms with Crippen LogP contribution in [0.4, 0.5) is 4.39 Å². The summed E-state index contributed by atoms with van der Waals surface area (Å²) in [4.78, 5) is 0. The second-order valence-electron chi connectivity index (χ2n) is 1.25. The zero-order valence-corrected chi connectivity index (χ0v) is 6.01. The molecule has 0 aliphatic rings. The maximum Gasteiger partial charge on any atom is 0.260 e. The Morgan fingerprint density at radius 2 is 2.00 bits per heavy atom. The first kappa shape index (κ1) is 8.76. The lowest BCUT2D eigenvalue weighted by molar-refractivity contribution is 0.205. The van der Waals surface area contributed by atoms with E-state index in [2.05, 4.69) is 0 Å². The minimum atomic E-state index is -2.42. The van der Waals surface area contributed by atoms with Crippen LogP contribution in [-0.4, -0.2) is 15.3 Å². The normalized spacial score (nSPS) is 16.1. The van der Waals surface area contributed by atoms with Crippen molar-refractivity contribution in [1.82, 2.24) is 0 Å². The van der Waals surface area contributed by atoms with Gasteiger partial charge in [-0.05, 0) is 0 Å².